The number of benzene rings is 1. The molecule has 2 aromatic rings. The lowest BCUT2D eigenvalue weighted by Crippen LogP contribution is -2.56. The number of nitrogens with two attached hydrogens (primary N) is 1. The molecule has 3 heterocycles. The second kappa shape index (κ2) is 6.71. The molecular formula is C20H30N4O. The Balaban J connectivity index is 1.46. The van der Waals surface area contributed by atoms with E-state index in [-0.39, 0.29) is 6.10 Å². The molecule has 136 valence electrons. The predicted molar refractivity (Wildman–Crippen MR) is 100 cm³/mol. The summed E-state index contributed by atoms with van der Waals surface area (Å²) in [4.78, 5) is 7.00. The molecule has 5 nitrogen and oxygen atoms in total. The van der Waals surface area contributed by atoms with E-state index in [1.165, 1.54) is 30.4 Å². The van der Waals surface area contributed by atoms with Gasteiger partial charge in [0.15, 0.2) is 0 Å². The van der Waals surface area contributed by atoms with Crippen LogP contribution in [-0.4, -0.2) is 51.3 Å². The number of nitrogens with zero attached hydrogens (tertiary/aromatic N) is 3. The molecule has 25 heavy (non-hydrogen) atoms. The Labute approximate surface area is 149 Å². The van der Waals surface area contributed by atoms with Crippen LogP contribution in [0.5, 0.6) is 0 Å². The first-order chi connectivity index (χ1) is 12.0. The molecule has 1 aliphatic carbocycles. The molecule has 3 fully saturated rings. The van der Waals surface area contributed by atoms with Crippen molar-refractivity contribution in [3.8, 4) is 0 Å². The van der Waals surface area contributed by atoms with E-state index in [1.807, 2.05) is 6.33 Å². The average Bonchev–Trinajstić information content (AvgIpc) is 2.97. The van der Waals surface area contributed by atoms with Gasteiger partial charge in [-0.1, -0.05) is 0 Å². The topological polar surface area (TPSA) is 67.3 Å². The summed E-state index contributed by atoms with van der Waals surface area (Å²) in [6, 6.07) is 4.87. The summed E-state index contributed by atoms with van der Waals surface area (Å²) in [6.07, 6.45) is 5.33. The van der Waals surface area contributed by atoms with E-state index in [0.29, 0.717) is 18.5 Å². The van der Waals surface area contributed by atoms with Crippen LogP contribution in [0.4, 0.5) is 0 Å². The van der Waals surface area contributed by atoms with Gasteiger partial charge in [-0.2, -0.15) is 0 Å². The fourth-order valence-corrected chi connectivity index (χ4v) is 4.94. The van der Waals surface area contributed by atoms with Crippen molar-refractivity contribution in [3.63, 3.8) is 0 Å². The van der Waals surface area contributed by atoms with Crippen molar-refractivity contribution >= 4 is 11.0 Å². The van der Waals surface area contributed by atoms with Gasteiger partial charge in [0.2, 0.25) is 0 Å². The van der Waals surface area contributed by atoms with Crippen molar-refractivity contribution in [2.45, 2.75) is 51.8 Å². The van der Waals surface area contributed by atoms with E-state index in [0.717, 1.165) is 36.6 Å². The fourth-order valence-electron chi connectivity index (χ4n) is 4.94. The molecule has 2 saturated heterocycles. The van der Waals surface area contributed by atoms with Gasteiger partial charge >= 0.3 is 0 Å². The summed E-state index contributed by atoms with van der Waals surface area (Å²) in [6.45, 7) is 7.48. The second-order valence-electron chi connectivity index (χ2n) is 8.17. The number of piperidine rings is 2. The van der Waals surface area contributed by atoms with Gasteiger partial charge in [-0.05, 0) is 74.8 Å². The summed E-state index contributed by atoms with van der Waals surface area (Å²) in [5.74, 6) is 1.38. The Kier molecular flexibility index (Phi) is 4.56. The van der Waals surface area contributed by atoms with Crippen LogP contribution in [0.15, 0.2) is 18.5 Å². The van der Waals surface area contributed by atoms with Crippen LogP contribution in [0, 0.1) is 25.7 Å². The molecule has 1 aromatic carbocycles. The average molecular weight is 342 g/mol. The smallest absolute Gasteiger partial charge is 0.0959 e. The highest BCUT2D eigenvalue weighted by molar-refractivity contribution is 5.77. The zero-order valence-electron chi connectivity index (χ0n) is 15.4. The van der Waals surface area contributed by atoms with Crippen molar-refractivity contribution in [1.82, 2.24) is 14.5 Å². The quantitative estimate of drug-likeness (QED) is 0.873. The van der Waals surface area contributed by atoms with E-state index in [1.54, 1.807) is 0 Å². The second-order valence-corrected chi connectivity index (χ2v) is 8.17. The molecule has 3 N–H and O–H groups in total. The first kappa shape index (κ1) is 17.0. The first-order valence-corrected chi connectivity index (χ1v) is 9.59. The van der Waals surface area contributed by atoms with E-state index in [9.17, 15) is 5.11 Å². The maximum Gasteiger partial charge on any atom is 0.0959 e. The molecule has 0 spiro atoms. The van der Waals surface area contributed by atoms with Gasteiger partial charge in [0.25, 0.3) is 0 Å². The number of fused-ring (bicyclic) bond motifs is 4. The van der Waals surface area contributed by atoms with Crippen LogP contribution in [0.2, 0.25) is 0 Å². The Hall–Kier alpha value is -1.43. The molecular weight excluding hydrogens is 312 g/mol. The summed E-state index contributed by atoms with van der Waals surface area (Å²) in [5, 5.41) is 10.7. The van der Waals surface area contributed by atoms with Gasteiger partial charge in [0.1, 0.15) is 0 Å². The molecule has 4 atom stereocenters. The van der Waals surface area contributed by atoms with Crippen LogP contribution in [0.25, 0.3) is 11.0 Å². The molecule has 2 aliphatic heterocycles. The monoisotopic (exact) mass is 342 g/mol. The van der Waals surface area contributed by atoms with Gasteiger partial charge in [0, 0.05) is 19.1 Å². The Morgan fingerprint density at radius 2 is 2.04 bits per heavy atom. The van der Waals surface area contributed by atoms with Crippen molar-refractivity contribution in [2.24, 2.45) is 17.6 Å². The zero-order chi connectivity index (χ0) is 17.6. The van der Waals surface area contributed by atoms with Crippen molar-refractivity contribution in [1.29, 1.82) is 0 Å². The van der Waals surface area contributed by atoms with Gasteiger partial charge in [-0.15, -0.1) is 0 Å². The Morgan fingerprint density at radius 1 is 1.24 bits per heavy atom. The van der Waals surface area contributed by atoms with Crippen LogP contribution < -0.4 is 5.73 Å². The van der Waals surface area contributed by atoms with Gasteiger partial charge in [0.05, 0.1) is 30.0 Å². The normalized spacial score (nSPS) is 27.9. The maximum absolute atomic E-state index is 10.7. The lowest BCUT2D eigenvalue weighted by atomic mass is 9.72. The molecule has 3 aliphatic rings. The number of aliphatic hydroxyl groups excluding tert-OH is 1. The Morgan fingerprint density at radius 3 is 2.80 bits per heavy atom. The molecule has 5 rings (SSSR count). The van der Waals surface area contributed by atoms with E-state index in [4.69, 9.17) is 5.73 Å². The number of aryl methyl sites for hydroxylation is 2. The first-order valence-electron chi connectivity index (χ1n) is 9.59. The maximum atomic E-state index is 10.7. The van der Waals surface area contributed by atoms with Crippen LogP contribution in [0.3, 0.4) is 0 Å². The number of aliphatic hydroxyl groups is 1. The highest BCUT2D eigenvalue weighted by Crippen LogP contribution is 2.38. The van der Waals surface area contributed by atoms with Gasteiger partial charge in [-0.3, -0.25) is 4.90 Å². The highest BCUT2D eigenvalue weighted by Gasteiger charge is 2.40. The number of hydrogen-bond acceptors (Lipinski definition) is 4. The standard InChI is InChI=1S/C20H30N4O/c1-13-5-18-20(6-14(13)2)24(12-22-18)11-17(25)10-23-9-15-3-4-19(23)16(7-15)8-21/h5-6,12,15-17,19,25H,3-4,7-11,21H2,1-2H3. The summed E-state index contributed by atoms with van der Waals surface area (Å²) in [5.41, 5.74) is 10.6. The minimum atomic E-state index is -0.378. The van der Waals surface area contributed by atoms with E-state index < -0.39 is 0 Å². The van der Waals surface area contributed by atoms with Crippen molar-refractivity contribution in [2.75, 3.05) is 19.6 Å². The highest BCUT2D eigenvalue weighted by atomic mass is 16.3. The fraction of sp³-hybridized carbons (Fsp3) is 0.650. The van der Waals surface area contributed by atoms with Crippen molar-refractivity contribution in [3.05, 3.63) is 29.6 Å². The van der Waals surface area contributed by atoms with Crippen molar-refractivity contribution < 1.29 is 5.11 Å². The largest absolute Gasteiger partial charge is 0.390 e. The molecule has 4 unspecified atom stereocenters. The summed E-state index contributed by atoms with van der Waals surface area (Å²) in [7, 11) is 0. The third-order valence-corrected chi connectivity index (χ3v) is 6.40. The van der Waals surface area contributed by atoms with Crippen LogP contribution in [0.1, 0.15) is 30.4 Å². The molecule has 0 radical (unpaired) electrons. The molecule has 1 aromatic heterocycles. The lowest BCUT2D eigenvalue weighted by molar-refractivity contribution is -0.0243. The number of imidazole rings is 1. The SMILES string of the molecule is Cc1cc2ncn(CC(O)CN3CC4CCC3C(CN)C4)c2cc1C. The molecule has 2 bridgehead atoms. The number of hydrogen-bond donors (Lipinski definition) is 2. The van der Waals surface area contributed by atoms with E-state index >= 15 is 0 Å². The zero-order valence-corrected chi connectivity index (χ0v) is 15.4. The Bertz CT molecular complexity index is 755. The summed E-state index contributed by atoms with van der Waals surface area (Å²) < 4.78 is 2.09. The third-order valence-electron chi connectivity index (χ3n) is 6.40. The van der Waals surface area contributed by atoms with Gasteiger partial charge < -0.3 is 15.4 Å². The molecule has 1 saturated carbocycles. The minimum absolute atomic E-state index is 0.378. The predicted octanol–water partition coefficient (Wildman–Crippen LogP) is 2.07. The minimum Gasteiger partial charge on any atom is -0.390 e. The molecule has 5 heteroatoms. The van der Waals surface area contributed by atoms with Crippen LogP contribution >= 0.6 is 0 Å². The van der Waals surface area contributed by atoms with Crippen LogP contribution in [-0.2, 0) is 6.54 Å². The summed E-state index contributed by atoms with van der Waals surface area (Å²) >= 11 is 0. The molecule has 0 amide bonds. The third kappa shape index (κ3) is 3.21. The number of aromatic nitrogens is 2. The number of rotatable bonds is 5. The van der Waals surface area contributed by atoms with E-state index in [2.05, 4.69) is 40.4 Å². The lowest BCUT2D eigenvalue weighted by Gasteiger charge is -2.50. The van der Waals surface area contributed by atoms with Gasteiger partial charge in [-0.25, -0.2) is 4.98 Å².